The standard InChI is InChI=1S/C28H27N5O4S/c1-4-9-19-10-8-11-21(26(19)35)17-29-30-25(34)18-38-28-32-31-27(33(28)22-12-6-5-7-13-22)20-14-15-23(36-2)24(16-20)37-3/h4-8,10-17,35H,1,9,18H2,2-3H3,(H,30,34). The highest BCUT2D eigenvalue weighted by atomic mass is 32.2. The summed E-state index contributed by atoms with van der Waals surface area (Å²) in [6, 6.07) is 20.5. The molecule has 2 N–H and O–H groups in total. The third-order valence-electron chi connectivity index (χ3n) is 5.53. The molecular formula is C28H27N5O4S. The van der Waals surface area contributed by atoms with Crippen molar-refractivity contribution < 1.29 is 19.4 Å². The maximum Gasteiger partial charge on any atom is 0.250 e. The maximum atomic E-state index is 12.5. The van der Waals surface area contributed by atoms with Crippen molar-refractivity contribution >= 4 is 23.9 Å². The summed E-state index contributed by atoms with van der Waals surface area (Å²) >= 11 is 1.23. The first kappa shape index (κ1) is 26.5. The Balaban J connectivity index is 1.52. The first-order chi connectivity index (χ1) is 18.5. The van der Waals surface area contributed by atoms with Gasteiger partial charge in [0, 0.05) is 16.8 Å². The van der Waals surface area contributed by atoms with E-state index in [9.17, 15) is 9.90 Å². The Hall–Kier alpha value is -4.57. The first-order valence-electron chi connectivity index (χ1n) is 11.7. The van der Waals surface area contributed by atoms with Gasteiger partial charge in [-0.05, 0) is 48.4 Å². The zero-order valence-electron chi connectivity index (χ0n) is 21.0. The second-order valence-corrected chi connectivity index (χ2v) is 8.92. The molecule has 1 heterocycles. The molecule has 0 bridgehead atoms. The molecule has 0 aliphatic rings. The summed E-state index contributed by atoms with van der Waals surface area (Å²) in [6.45, 7) is 3.69. The number of methoxy groups -OCH3 is 2. The van der Waals surface area contributed by atoms with Gasteiger partial charge < -0.3 is 14.6 Å². The first-order valence-corrected chi connectivity index (χ1v) is 12.6. The van der Waals surface area contributed by atoms with Crippen molar-refractivity contribution in [2.24, 2.45) is 5.10 Å². The van der Waals surface area contributed by atoms with Crippen LogP contribution < -0.4 is 14.9 Å². The lowest BCUT2D eigenvalue weighted by molar-refractivity contribution is -0.118. The molecule has 0 saturated heterocycles. The van der Waals surface area contributed by atoms with Crippen LogP contribution in [0.2, 0.25) is 0 Å². The molecule has 4 rings (SSSR count). The van der Waals surface area contributed by atoms with Crippen molar-refractivity contribution in [2.75, 3.05) is 20.0 Å². The molecule has 4 aromatic rings. The topological polar surface area (TPSA) is 111 Å². The Labute approximate surface area is 224 Å². The molecule has 0 unspecified atom stereocenters. The van der Waals surface area contributed by atoms with Gasteiger partial charge in [0.1, 0.15) is 5.75 Å². The Morgan fingerprint density at radius 1 is 1.08 bits per heavy atom. The molecule has 0 fully saturated rings. The van der Waals surface area contributed by atoms with Crippen LogP contribution in [0, 0.1) is 0 Å². The number of aromatic nitrogens is 3. The van der Waals surface area contributed by atoms with E-state index in [2.05, 4.69) is 27.3 Å². The maximum absolute atomic E-state index is 12.5. The average molecular weight is 530 g/mol. The van der Waals surface area contributed by atoms with Crippen LogP contribution in [0.5, 0.6) is 17.2 Å². The number of amides is 1. The molecule has 0 saturated carbocycles. The quantitative estimate of drug-likeness (QED) is 0.126. The molecule has 194 valence electrons. The fraction of sp³-hybridized carbons (Fsp3) is 0.143. The normalized spacial score (nSPS) is 10.9. The molecule has 38 heavy (non-hydrogen) atoms. The third-order valence-corrected chi connectivity index (χ3v) is 6.46. The van der Waals surface area contributed by atoms with Gasteiger partial charge in [-0.1, -0.05) is 48.2 Å². The third kappa shape index (κ3) is 6.04. The van der Waals surface area contributed by atoms with E-state index >= 15 is 0 Å². The molecule has 1 aromatic heterocycles. The smallest absolute Gasteiger partial charge is 0.250 e. The van der Waals surface area contributed by atoms with E-state index in [1.165, 1.54) is 18.0 Å². The highest BCUT2D eigenvalue weighted by Crippen LogP contribution is 2.34. The van der Waals surface area contributed by atoms with Crippen LogP contribution in [0.25, 0.3) is 17.1 Å². The molecule has 3 aromatic carbocycles. The van der Waals surface area contributed by atoms with Gasteiger partial charge in [-0.2, -0.15) is 5.10 Å². The molecule has 0 aliphatic carbocycles. The Morgan fingerprint density at radius 3 is 2.61 bits per heavy atom. The van der Waals surface area contributed by atoms with E-state index in [0.717, 1.165) is 16.8 Å². The summed E-state index contributed by atoms with van der Waals surface area (Å²) in [7, 11) is 3.15. The molecule has 0 aliphatic heterocycles. The highest BCUT2D eigenvalue weighted by Gasteiger charge is 2.18. The highest BCUT2D eigenvalue weighted by molar-refractivity contribution is 7.99. The van der Waals surface area contributed by atoms with Gasteiger partial charge in [0.05, 0.1) is 26.2 Å². The molecule has 9 nitrogen and oxygen atoms in total. The van der Waals surface area contributed by atoms with Crippen LogP contribution in [0.15, 0.2) is 89.6 Å². The Kier molecular flexibility index (Phi) is 8.78. The van der Waals surface area contributed by atoms with E-state index in [-0.39, 0.29) is 17.4 Å². The number of aromatic hydroxyl groups is 1. The van der Waals surface area contributed by atoms with Gasteiger partial charge in [-0.3, -0.25) is 9.36 Å². The zero-order valence-corrected chi connectivity index (χ0v) is 21.8. The SMILES string of the molecule is C=CCc1cccc(C=NNC(=O)CSc2nnc(-c3ccc(OC)c(OC)c3)n2-c2ccccc2)c1O. The minimum absolute atomic E-state index is 0.0523. The van der Waals surface area contributed by atoms with Crippen LogP contribution in [0.1, 0.15) is 11.1 Å². The lowest BCUT2D eigenvalue weighted by Crippen LogP contribution is -2.20. The van der Waals surface area contributed by atoms with Crippen LogP contribution in [-0.4, -0.2) is 52.0 Å². The predicted octanol–water partition coefficient (Wildman–Crippen LogP) is 4.63. The number of rotatable bonds is 11. The predicted molar refractivity (Wildman–Crippen MR) is 148 cm³/mol. The van der Waals surface area contributed by atoms with E-state index < -0.39 is 0 Å². The van der Waals surface area contributed by atoms with Gasteiger partial charge >= 0.3 is 0 Å². The summed E-state index contributed by atoms with van der Waals surface area (Å²) < 4.78 is 12.7. The molecule has 10 heteroatoms. The largest absolute Gasteiger partial charge is 0.507 e. The monoisotopic (exact) mass is 529 g/mol. The molecule has 1 amide bonds. The van der Waals surface area contributed by atoms with Crippen molar-refractivity contribution in [1.82, 2.24) is 20.2 Å². The second-order valence-electron chi connectivity index (χ2n) is 7.98. The molecular weight excluding hydrogens is 502 g/mol. The van der Waals surface area contributed by atoms with Crippen LogP contribution in [-0.2, 0) is 11.2 Å². The molecule has 0 spiro atoms. The average Bonchev–Trinajstić information content (AvgIpc) is 3.38. The lowest BCUT2D eigenvalue weighted by Gasteiger charge is -2.12. The number of thioether (sulfide) groups is 1. The summed E-state index contributed by atoms with van der Waals surface area (Å²) in [4.78, 5) is 12.5. The van der Waals surface area contributed by atoms with Crippen LogP contribution in [0.3, 0.4) is 0 Å². The Morgan fingerprint density at radius 2 is 1.87 bits per heavy atom. The summed E-state index contributed by atoms with van der Waals surface area (Å²) in [5.74, 6) is 1.60. The van der Waals surface area contributed by atoms with Gasteiger partial charge in [0.25, 0.3) is 5.91 Å². The fourth-order valence-corrected chi connectivity index (χ4v) is 4.45. The van der Waals surface area contributed by atoms with Crippen molar-refractivity contribution in [3.05, 3.63) is 90.5 Å². The number of phenols is 1. The number of hydrogen-bond acceptors (Lipinski definition) is 8. The number of hydrogen-bond donors (Lipinski definition) is 2. The number of allylic oxidation sites excluding steroid dienone is 1. The van der Waals surface area contributed by atoms with E-state index in [0.29, 0.717) is 34.5 Å². The minimum Gasteiger partial charge on any atom is -0.507 e. The van der Waals surface area contributed by atoms with Gasteiger partial charge in [0.15, 0.2) is 22.5 Å². The van der Waals surface area contributed by atoms with Gasteiger partial charge in [-0.25, -0.2) is 5.43 Å². The van der Waals surface area contributed by atoms with E-state index in [4.69, 9.17) is 9.47 Å². The zero-order chi connectivity index (χ0) is 26.9. The van der Waals surface area contributed by atoms with Gasteiger partial charge in [-0.15, -0.1) is 16.8 Å². The summed E-state index contributed by atoms with van der Waals surface area (Å²) in [5.41, 5.74) is 5.35. The minimum atomic E-state index is -0.330. The van der Waals surface area contributed by atoms with Crippen molar-refractivity contribution in [3.63, 3.8) is 0 Å². The van der Waals surface area contributed by atoms with Crippen molar-refractivity contribution in [2.45, 2.75) is 11.6 Å². The molecule has 0 atom stereocenters. The fourth-order valence-electron chi connectivity index (χ4n) is 3.71. The lowest BCUT2D eigenvalue weighted by atomic mass is 10.1. The molecule has 0 radical (unpaired) electrons. The van der Waals surface area contributed by atoms with Crippen molar-refractivity contribution in [3.8, 4) is 34.3 Å². The summed E-state index contributed by atoms with van der Waals surface area (Å²) in [6.07, 6.45) is 3.65. The number of para-hydroxylation sites is 2. The van der Waals surface area contributed by atoms with E-state index in [1.54, 1.807) is 32.4 Å². The number of nitrogens with one attached hydrogen (secondary N) is 1. The number of hydrazone groups is 1. The Bertz CT molecular complexity index is 1450. The van der Waals surface area contributed by atoms with Crippen LogP contribution >= 0.6 is 11.8 Å². The number of carbonyl (C=O) groups is 1. The number of carbonyl (C=O) groups excluding carboxylic acids is 1. The number of nitrogens with zero attached hydrogens (tertiary/aromatic N) is 4. The van der Waals surface area contributed by atoms with E-state index in [1.807, 2.05) is 59.2 Å². The number of benzene rings is 3. The number of phenolic OH excluding ortho intramolecular Hbond substituents is 1. The number of ether oxygens (including phenoxy) is 2. The van der Waals surface area contributed by atoms with Crippen molar-refractivity contribution in [1.29, 1.82) is 0 Å². The second kappa shape index (κ2) is 12.6. The van der Waals surface area contributed by atoms with Crippen LogP contribution in [0.4, 0.5) is 0 Å². The summed E-state index contributed by atoms with van der Waals surface area (Å²) in [5, 5.41) is 23.6. The van der Waals surface area contributed by atoms with Gasteiger partial charge in [0.2, 0.25) is 0 Å².